The van der Waals surface area contributed by atoms with Crippen molar-refractivity contribution in [1.82, 2.24) is 24.9 Å². The Labute approximate surface area is 241 Å². The second kappa shape index (κ2) is 10.9. The highest BCUT2D eigenvalue weighted by atomic mass is 32.5. The average molecular weight is 618 g/mol. The van der Waals surface area contributed by atoms with Crippen molar-refractivity contribution in [2.45, 2.75) is 39.2 Å². The van der Waals surface area contributed by atoms with Gasteiger partial charge in [-0.25, -0.2) is 0 Å². The number of piperidine rings is 1. The van der Waals surface area contributed by atoms with Crippen molar-refractivity contribution in [1.29, 1.82) is 0 Å². The number of carbonyl (C=O) groups excluding carboxylic acids is 2. The van der Waals surface area contributed by atoms with E-state index in [-0.39, 0.29) is 23.8 Å². The number of likely N-dealkylation sites (tertiary alicyclic amines) is 1. The first-order chi connectivity index (χ1) is 19.7. The Morgan fingerprint density at radius 3 is 2.38 bits per heavy atom. The van der Waals surface area contributed by atoms with Crippen molar-refractivity contribution < 1.29 is 33.8 Å². The van der Waals surface area contributed by atoms with Crippen LogP contribution in [-0.2, 0) is 16.1 Å². The van der Waals surface area contributed by atoms with Crippen LogP contribution in [0, 0.1) is 12.8 Å². The Bertz CT molecular complexity index is 1430. The van der Waals surface area contributed by atoms with E-state index >= 15 is 0 Å². The summed E-state index contributed by atoms with van der Waals surface area (Å²) < 4.78 is 72.4. The number of allylic oxidation sites excluding steroid dienone is 3. The highest BCUT2D eigenvalue weighted by Crippen LogP contribution is 3.02. The highest BCUT2D eigenvalue weighted by Gasteiger charge is 2.66. The van der Waals surface area contributed by atoms with Gasteiger partial charge in [-0.3, -0.25) is 19.2 Å². The zero-order valence-corrected chi connectivity index (χ0v) is 24.3. The van der Waals surface area contributed by atoms with E-state index in [1.165, 1.54) is 0 Å². The lowest BCUT2D eigenvalue weighted by Gasteiger charge is -2.43. The minimum Gasteiger partial charge on any atom is -0.379 e. The number of fused-ring (bicyclic) bond motifs is 1. The van der Waals surface area contributed by atoms with Gasteiger partial charge >= 0.3 is 10.2 Å². The standard InChI is InChI=1S/C28H36F5N5O3S/c1-20-24(27(39)34-10-13-36-14-16-41-17-15-36)6-7-26-25(20)19-38(35-26)18-21-8-11-37(12-9-21)28(40)22-2-4-23(5-3-22)42(29,30,31,32)33/h2,4,6-7,19,21H,3,5,8-18H2,1H3,(H,34,39). The number of aromatic nitrogens is 2. The van der Waals surface area contributed by atoms with Crippen LogP contribution in [0.3, 0.4) is 0 Å². The number of nitrogens with zero attached hydrogens (tertiary/aromatic N) is 4. The van der Waals surface area contributed by atoms with Crippen LogP contribution in [0.25, 0.3) is 10.9 Å². The van der Waals surface area contributed by atoms with Crippen LogP contribution in [-0.4, -0.2) is 83.9 Å². The Morgan fingerprint density at radius 2 is 1.74 bits per heavy atom. The number of benzene rings is 1. The number of aryl methyl sites for hydroxylation is 1. The quantitative estimate of drug-likeness (QED) is 0.393. The molecule has 8 nitrogen and oxygen atoms in total. The normalized spacial score (nSPS) is 21.0. The van der Waals surface area contributed by atoms with Crippen molar-refractivity contribution in [3.63, 3.8) is 0 Å². The molecule has 2 amide bonds. The fourth-order valence-corrected chi connectivity index (χ4v) is 6.58. The van der Waals surface area contributed by atoms with E-state index in [2.05, 4.69) is 15.3 Å². The molecule has 14 heteroatoms. The largest absolute Gasteiger partial charge is 0.379 e. The Kier molecular flexibility index (Phi) is 7.94. The fraction of sp³-hybridized carbons (Fsp3) is 0.536. The molecule has 1 N–H and O–H groups in total. The molecule has 0 atom stereocenters. The molecule has 1 aromatic carbocycles. The molecular weight excluding hydrogens is 581 g/mol. The van der Waals surface area contributed by atoms with Gasteiger partial charge in [-0.05, 0) is 62.3 Å². The molecule has 0 unspecified atom stereocenters. The second-order valence-electron chi connectivity index (χ2n) is 11.3. The Morgan fingerprint density at radius 1 is 1.02 bits per heavy atom. The number of morpholine rings is 1. The molecule has 0 saturated carbocycles. The van der Waals surface area contributed by atoms with E-state index in [0.29, 0.717) is 63.9 Å². The summed E-state index contributed by atoms with van der Waals surface area (Å²) in [7, 11) is -9.70. The molecule has 1 aromatic heterocycles. The van der Waals surface area contributed by atoms with Gasteiger partial charge in [0, 0.05) is 68.5 Å². The summed E-state index contributed by atoms with van der Waals surface area (Å²) in [5.74, 6) is -0.297. The molecule has 3 aliphatic rings. The predicted octanol–water partition coefficient (Wildman–Crippen LogP) is 5.55. The minimum absolute atomic E-state index is 0.119. The number of amides is 2. The molecule has 2 aromatic rings. The maximum atomic E-state index is 13.0. The average Bonchev–Trinajstić information content (AvgIpc) is 3.36. The number of hydrogen-bond donors (Lipinski definition) is 1. The molecule has 0 radical (unpaired) electrons. The van der Waals surface area contributed by atoms with Gasteiger partial charge in [0.2, 0.25) is 5.91 Å². The molecule has 232 valence electrons. The molecule has 2 saturated heterocycles. The van der Waals surface area contributed by atoms with Crippen LogP contribution in [0.15, 0.2) is 41.0 Å². The van der Waals surface area contributed by atoms with Crippen molar-refractivity contribution >= 4 is 32.9 Å². The Hall–Kier alpha value is -2.97. The van der Waals surface area contributed by atoms with Crippen LogP contribution < -0.4 is 5.32 Å². The van der Waals surface area contributed by atoms with Gasteiger partial charge in [0.05, 0.1) is 23.6 Å². The lowest BCUT2D eigenvalue weighted by Crippen LogP contribution is -2.41. The van der Waals surface area contributed by atoms with Gasteiger partial charge in [0.25, 0.3) is 5.91 Å². The zero-order valence-electron chi connectivity index (χ0n) is 23.5. The van der Waals surface area contributed by atoms with Crippen molar-refractivity contribution in [3.05, 3.63) is 52.1 Å². The van der Waals surface area contributed by atoms with E-state index in [1.807, 2.05) is 23.9 Å². The summed E-state index contributed by atoms with van der Waals surface area (Å²) in [6, 6.07) is 3.63. The monoisotopic (exact) mass is 617 g/mol. The van der Waals surface area contributed by atoms with E-state index in [1.54, 1.807) is 11.0 Å². The molecule has 0 bridgehead atoms. The molecule has 2 aliphatic heterocycles. The van der Waals surface area contributed by atoms with E-state index in [4.69, 9.17) is 4.74 Å². The van der Waals surface area contributed by atoms with Crippen LogP contribution in [0.1, 0.15) is 41.6 Å². The third-order valence-corrected chi connectivity index (χ3v) is 9.63. The first kappa shape index (κ1) is 30.5. The minimum atomic E-state index is -9.70. The van der Waals surface area contributed by atoms with E-state index in [9.17, 15) is 29.0 Å². The molecule has 1 aliphatic carbocycles. The maximum Gasteiger partial charge on any atom is 0.307 e. The number of hydrogen-bond acceptors (Lipinski definition) is 5. The highest BCUT2D eigenvalue weighted by molar-refractivity contribution is 8.48. The number of rotatable bonds is 8. The van der Waals surface area contributed by atoms with Gasteiger partial charge in [0.1, 0.15) is 0 Å². The lowest BCUT2D eigenvalue weighted by atomic mass is 9.95. The number of ether oxygens (including phenoxy) is 1. The third-order valence-electron chi connectivity index (χ3n) is 8.30. The predicted molar refractivity (Wildman–Crippen MR) is 152 cm³/mol. The lowest BCUT2D eigenvalue weighted by molar-refractivity contribution is -0.128. The van der Waals surface area contributed by atoms with Gasteiger partial charge in [-0.15, -0.1) is 0 Å². The van der Waals surface area contributed by atoms with Gasteiger partial charge < -0.3 is 15.0 Å². The first-order valence-electron chi connectivity index (χ1n) is 14.2. The SMILES string of the molecule is Cc1c(C(=O)NCCN2CCOCC2)ccc2nn(CC3CCN(C(=O)C4=CC=C(S(F)(F)(F)(F)F)CC4)CC3)cc12. The third kappa shape index (κ3) is 7.14. The van der Waals surface area contributed by atoms with Crippen LogP contribution in [0.5, 0.6) is 0 Å². The molecule has 0 spiro atoms. The number of halogens is 5. The summed E-state index contributed by atoms with van der Waals surface area (Å²) in [6.07, 6.45) is 3.29. The summed E-state index contributed by atoms with van der Waals surface area (Å²) in [5.41, 5.74) is 2.36. The zero-order chi connectivity index (χ0) is 30.2. The van der Waals surface area contributed by atoms with E-state index < -0.39 is 27.5 Å². The number of carbonyl (C=O) groups is 2. The van der Waals surface area contributed by atoms with Gasteiger partial charge in [-0.2, -0.15) is 5.10 Å². The summed E-state index contributed by atoms with van der Waals surface area (Å²) in [4.78, 5) is 27.7. The maximum absolute atomic E-state index is 13.0. The topological polar surface area (TPSA) is 79.7 Å². The van der Waals surface area contributed by atoms with Gasteiger partial charge in [-0.1, -0.05) is 25.5 Å². The molecule has 5 rings (SSSR count). The summed E-state index contributed by atoms with van der Waals surface area (Å²) in [6.45, 7) is 7.85. The molecule has 2 fully saturated rings. The van der Waals surface area contributed by atoms with E-state index in [0.717, 1.165) is 42.2 Å². The van der Waals surface area contributed by atoms with Crippen molar-refractivity contribution in [3.8, 4) is 0 Å². The van der Waals surface area contributed by atoms with Crippen molar-refractivity contribution in [2.75, 3.05) is 52.5 Å². The summed E-state index contributed by atoms with van der Waals surface area (Å²) in [5, 5.41) is 8.58. The van der Waals surface area contributed by atoms with Crippen molar-refractivity contribution in [2.24, 2.45) is 5.92 Å². The van der Waals surface area contributed by atoms with Crippen LogP contribution >= 0.6 is 10.2 Å². The van der Waals surface area contributed by atoms with Crippen LogP contribution in [0.4, 0.5) is 19.4 Å². The smallest absolute Gasteiger partial charge is 0.307 e. The Balaban J connectivity index is 1.14. The second-order valence-corrected chi connectivity index (χ2v) is 13.7. The number of nitrogens with one attached hydrogen (secondary N) is 1. The van der Waals surface area contributed by atoms with Gasteiger partial charge in [0.15, 0.2) is 0 Å². The first-order valence-corrected chi connectivity index (χ1v) is 16.1. The molecule has 3 heterocycles. The molecule has 42 heavy (non-hydrogen) atoms. The fourth-order valence-electron chi connectivity index (χ4n) is 5.77. The molecular formula is C28H36F5N5O3S. The van der Waals surface area contributed by atoms with Crippen LogP contribution in [0.2, 0.25) is 0 Å². The summed E-state index contributed by atoms with van der Waals surface area (Å²) >= 11 is 0.